The van der Waals surface area contributed by atoms with Crippen molar-refractivity contribution in [3.63, 3.8) is 0 Å². The molecule has 1 aromatic rings. The molecule has 0 aliphatic carbocycles. The van der Waals surface area contributed by atoms with E-state index in [1.807, 2.05) is 13.8 Å². The van der Waals surface area contributed by atoms with Crippen LogP contribution in [-0.4, -0.2) is 22.1 Å². The summed E-state index contributed by atoms with van der Waals surface area (Å²) >= 11 is 0. The topological polar surface area (TPSA) is 62.2 Å². The second kappa shape index (κ2) is 5.90. The molecule has 0 aliphatic rings. The standard InChI is InChI=1S/C12H15F3N2O2/c1-3-8(4-2)17-10-9(11(18)19)5-7(6-16-10)12(13,14)15/h5-6,8H,3-4H2,1-2H3,(H,16,17)(H,18,19). The molecule has 0 atom stereocenters. The zero-order valence-electron chi connectivity index (χ0n) is 10.6. The third-order valence-corrected chi connectivity index (χ3v) is 2.77. The van der Waals surface area contributed by atoms with E-state index in [1.165, 1.54) is 0 Å². The number of aromatic nitrogens is 1. The summed E-state index contributed by atoms with van der Waals surface area (Å²) in [5.41, 5.74) is -1.54. The van der Waals surface area contributed by atoms with E-state index in [-0.39, 0.29) is 11.9 Å². The lowest BCUT2D eigenvalue weighted by Gasteiger charge is -2.17. The average Bonchev–Trinajstić information content (AvgIpc) is 2.34. The Bertz CT molecular complexity index is 457. The van der Waals surface area contributed by atoms with Crippen LogP contribution in [0.4, 0.5) is 19.0 Å². The number of carbonyl (C=O) groups is 1. The molecule has 0 unspecified atom stereocenters. The number of hydrogen-bond acceptors (Lipinski definition) is 3. The Balaban J connectivity index is 3.15. The van der Waals surface area contributed by atoms with Gasteiger partial charge in [0.2, 0.25) is 0 Å². The van der Waals surface area contributed by atoms with Crippen LogP contribution >= 0.6 is 0 Å². The molecule has 0 bridgehead atoms. The Kier molecular flexibility index (Phi) is 4.74. The Morgan fingerprint density at radius 2 is 2.00 bits per heavy atom. The molecule has 19 heavy (non-hydrogen) atoms. The number of halogens is 3. The minimum atomic E-state index is -4.61. The first-order valence-corrected chi connectivity index (χ1v) is 5.86. The third-order valence-electron chi connectivity index (χ3n) is 2.77. The van der Waals surface area contributed by atoms with Gasteiger partial charge in [-0.3, -0.25) is 0 Å². The molecule has 1 rings (SSSR count). The molecule has 106 valence electrons. The van der Waals surface area contributed by atoms with Crippen LogP contribution in [0.5, 0.6) is 0 Å². The van der Waals surface area contributed by atoms with Crippen molar-refractivity contribution >= 4 is 11.8 Å². The molecule has 0 saturated heterocycles. The van der Waals surface area contributed by atoms with Gasteiger partial charge < -0.3 is 10.4 Å². The van der Waals surface area contributed by atoms with Gasteiger partial charge in [0.15, 0.2) is 0 Å². The Hall–Kier alpha value is -1.79. The van der Waals surface area contributed by atoms with Gasteiger partial charge >= 0.3 is 12.1 Å². The van der Waals surface area contributed by atoms with Gasteiger partial charge in [0.05, 0.1) is 5.56 Å². The highest BCUT2D eigenvalue weighted by Gasteiger charge is 2.32. The van der Waals surface area contributed by atoms with Crippen molar-refractivity contribution in [1.29, 1.82) is 0 Å². The number of hydrogen-bond donors (Lipinski definition) is 2. The Labute approximate surface area is 108 Å². The minimum absolute atomic E-state index is 0.0256. The van der Waals surface area contributed by atoms with Crippen LogP contribution in [0.25, 0.3) is 0 Å². The molecule has 0 amide bonds. The molecule has 0 aliphatic heterocycles. The number of anilines is 1. The maximum absolute atomic E-state index is 12.5. The lowest BCUT2D eigenvalue weighted by atomic mass is 10.1. The first-order valence-electron chi connectivity index (χ1n) is 5.86. The second-order valence-electron chi connectivity index (χ2n) is 4.08. The van der Waals surface area contributed by atoms with Crippen molar-refractivity contribution in [3.8, 4) is 0 Å². The van der Waals surface area contributed by atoms with E-state index in [4.69, 9.17) is 5.11 Å². The van der Waals surface area contributed by atoms with E-state index in [0.717, 1.165) is 12.8 Å². The van der Waals surface area contributed by atoms with Gasteiger partial charge in [0.1, 0.15) is 11.4 Å². The highest BCUT2D eigenvalue weighted by molar-refractivity contribution is 5.93. The Morgan fingerprint density at radius 1 is 1.42 bits per heavy atom. The first-order chi connectivity index (χ1) is 8.79. The number of nitrogens with one attached hydrogen (secondary N) is 1. The number of aromatic carboxylic acids is 1. The van der Waals surface area contributed by atoms with E-state index in [9.17, 15) is 18.0 Å². The fourth-order valence-corrected chi connectivity index (χ4v) is 1.58. The maximum Gasteiger partial charge on any atom is 0.417 e. The van der Waals surface area contributed by atoms with Crippen LogP contribution in [0, 0.1) is 0 Å². The van der Waals surface area contributed by atoms with E-state index in [0.29, 0.717) is 12.3 Å². The first kappa shape index (κ1) is 15.3. The van der Waals surface area contributed by atoms with Crippen molar-refractivity contribution in [2.75, 3.05) is 5.32 Å². The van der Waals surface area contributed by atoms with Crippen LogP contribution < -0.4 is 5.32 Å². The minimum Gasteiger partial charge on any atom is -0.478 e. The molecule has 7 heteroatoms. The van der Waals surface area contributed by atoms with Gasteiger partial charge in [-0.25, -0.2) is 9.78 Å². The molecule has 0 spiro atoms. The van der Waals surface area contributed by atoms with Gasteiger partial charge in [-0.2, -0.15) is 13.2 Å². The van der Waals surface area contributed by atoms with Gasteiger partial charge in [-0.1, -0.05) is 13.8 Å². The highest BCUT2D eigenvalue weighted by Crippen LogP contribution is 2.30. The molecule has 4 nitrogen and oxygen atoms in total. The molecule has 0 radical (unpaired) electrons. The number of nitrogens with zero attached hydrogens (tertiary/aromatic N) is 1. The summed E-state index contributed by atoms with van der Waals surface area (Å²) in [4.78, 5) is 14.6. The number of pyridine rings is 1. The zero-order valence-corrected chi connectivity index (χ0v) is 10.6. The second-order valence-corrected chi connectivity index (χ2v) is 4.08. The molecule has 2 N–H and O–H groups in total. The smallest absolute Gasteiger partial charge is 0.417 e. The van der Waals surface area contributed by atoms with Crippen molar-refractivity contribution in [1.82, 2.24) is 4.98 Å². The molecular weight excluding hydrogens is 261 g/mol. The van der Waals surface area contributed by atoms with Crippen LogP contribution in [0.15, 0.2) is 12.3 Å². The summed E-state index contributed by atoms with van der Waals surface area (Å²) in [7, 11) is 0. The number of carboxylic acids is 1. The highest BCUT2D eigenvalue weighted by atomic mass is 19.4. The van der Waals surface area contributed by atoms with Gasteiger partial charge in [0, 0.05) is 12.2 Å². The Morgan fingerprint density at radius 3 is 2.42 bits per heavy atom. The van der Waals surface area contributed by atoms with E-state index in [1.54, 1.807) is 0 Å². The lowest BCUT2D eigenvalue weighted by molar-refractivity contribution is -0.137. The van der Waals surface area contributed by atoms with Gasteiger partial charge in [-0.15, -0.1) is 0 Å². The monoisotopic (exact) mass is 276 g/mol. The van der Waals surface area contributed by atoms with Crippen LogP contribution in [0.2, 0.25) is 0 Å². The van der Waals surface area contributed by atoms with E-state index in [2.05, 4.69) is 10.3 Å². The SMILES string of the molecule is CCC(CC)Nc1ncc(C(F)(F)F)cc1C(=O)O. The zero-order chi connectivity index (χ0) is 14.6. The van der Waals surface area contributed by atoms with Gasteiger partial charge in [-0.05, 0) is 18.9 Å². The molecule has 0 fully saturated rings. The van der Waals surface area contributed by atoms with E-state index < -0.39 is 23.3 Å². The third kappa shape index (κ3) is 3.84. The largest absolute Gasteiger partial charge is 0.478 e. The number of rotatable bonds is 5. The molecule has 0 aromatic carbocycles. The van der Waals surface area contributed by atoms with Crippen LogP contribution in [0.1, 0.15) is 42.6 Å². The normalized spacial score (nSPS) is 11.7. The fourth-order valence-electron chi connectivity index (χ4n) is 1.58. The van der Waals surface area contributed by atoms with Gasteiger partial charge in [0.25, 0.3) is 0 Å². The van der Waals surface area contributed by atoms with Crippen molar-refractivity contribution < 1.29 is 23.1 Å². The van der Waals surface area contributed by atoms with E-state index >= 15 is 0 Å². The molecular formula is C12H15F3N2O2. The van der Waals surface area contributed by atoms with Crippen molar-refractivity contribution in [3.05, 3.63) is 23.4 Å². The van der Waals surface area contributed by atoms with Crippen molar-refractivity contribution in [2.24, 2.45) is 0 Å². The quantitative estimate of drug-likeness (QED) is 0.865. The van der Waals surface area contributed by atoms with Crippen molar-refractivity contribution in [2.45, 2.75) is 38.9 Å². The summed E-state index contributed by atoms with van der Waals surface area (Å²) in [6.07, 6.45) is -2.53. The van der Waals surface area contributed by atoms with Crippen LogP contribution in [-0.2, 0) is 6.18 Å². The number of carboxylic acid groups (broad SMARTS) is 1. The maximum atomic E-state index is 12.5. The summed E-state index contributed by atoms with van der Waals surface area (Å²) in [6, 6.07) is 0.572. The average molecular weight is 276 g/mol. The summed E-state index contributed by atoms with van der Waals surface area (Å²) < 4.78 is 37.5. The molecule has 0 saturated carbocycles. The predicted molar refractivity (Wildman–Crippen MR) is 64.2 cm³/mol. The van der Waals surface area contributed by atoms with Crippen LogP contribution in [0.3, 0.4) is 0 Å². The molecule has 1 heterocycles. The molecule has 1 aromatic heterocycles. The predicted octanol–water partition coefficient (Wildman–Crippen LogP) is 3.40. The lowest BCUT2D eigenvalue weighted by Crippen LogP contribution is -2.21. The fraction of sp³-hybridized carbons (Fsp3) is 0.500. The summed E-state index contributed by atoms with van der Waals surface area (Å²) in [5, 5.41) is 11.8. The summed E-state index contributed by atoms with van der Waals surface area (Å²) in [5.74, 6) is -1.47. The summed E-state index contributed by atoms with van der Waals surface area (Å²) in [6.45, 7) is 3.79. The number of alkyl halides is 3.